The van der Waals surface area contributed by atoms with E-state index < -0.39 is 0 Å². The van der Waals surface area contributed by atoms with Gasteiger partial charge in [0.1, 0.15) is 11.5 Å². The molecule has 34 heavy (non-hydrogen) atoms. The van der Waals surface area contributed by atoms with Gasteiger partial charge in [-0.3, -0.25) is 4.90 Å². The second-order valence-electron chi connectivity index (χ2n) is 10.0. The van der Waals surface area contributed by atoms with E-state index in [9.17, 15) is 4.79 Å². The van der Waals surface area contributed by atoms with Gasteiger partial charge in [0.15, 0.2) is 5.76 Å². The van der Waals surface area contributed by atoms with Crippen LogP contribution < -0.4 is 10.5 Å². The molecule has 0 amide bonds. The maximum atomic E-state index is 13.0. The van der Waals surface area contributed by atoms with Crippen LogP contribution in [-0.4, -0.2) is 46.7 Å². The molecular weight excluding hydrogens is 424 g/mol. The summed E-state index contributed by atoms with van der Waals surface area (Å²) < 4.78 is 7.84. The maximum absolute atomic E-state index is 13.0. The highest BCUT2D eigenvalue weighted by atomic mass is 16.4. The largest absolute Gasteiger partial charge is 0.421 e. The number of benzene rings is 1. The van der Waals surface area contributed by atoms with E-state index in [1.165, 1.54) is 5.57 Å². The second-order valence-corrected chi connectivity index (χ2v) is 10.0. The molecule has 4 heterocycles. The van der Waals surface area contributed by atoms with Crippen molar-refractivity contribution >= 4 is 28.2 Å². The molecule has 0 N–H and O–H groups in total. The summed E-state index contributed by atoms with van der Waals surface area (Å²) in [7, 11) is 2.18. The second kappa shape index (κ2) is 8.58. The fraction of sp³-hybridized carbons (Fsp3) is 0.429. The predicted octanol–water partition coefficient (Wildman–Crippen LogP) is 5.49. The van der Waals surface area contributed by atoms with Gasteiger partial charge in [0, 0.05) is 43.3 Å². The van der Waals surface area contributed by atoms with Gasteiger partial charge in [-0.05, 0) is 81.8 Å². The molecule has 2 aliphatic rings. The normalized spacial score (nSPS) is 23.5. The molecule has 1 saturated heterocycles. The highest BCUT2D eigenvalue weighted by molar-refractivity contribution is 5.87. The van der Waals surface area contributed by atoms with Gasteiger partial charge in [-0.15, -0.1) is 0 Å². The van der Waals surface area contributed by atoms with Crippen molar-refractivity contribution in [3.05, 3.63) is 58.4 Å². The number of nitrogens with zero attached hydrogens (tertiary/aromatic N) is 4. The van der Waals surface area contributed by atoms with Gasteiger partial charge in [-0.1, -0.05) is 19.1 Å². The van der Waals surface area contributed by atoms with Crippen LogP contribution in [0.2, 0.25) is 0 Å². The van der Waals surface area contributed by atoms with Gasteiger partial charge in [-0.25, -0.2) is 9.78 Å². The van der Waals surface area contributed by atoms with E-state index in [-0.39, 0.29) is 5.63 Å². The minimum Gasteiger partial charge on any atom is -0.421 e. The quantitative estimate of drug-likeness (QED) is 0.520. The minimum atomic E-state index is -0.321. The molecule has 6 nitrogen and oxygen atoms in total. The van der Waals surface area contributed by atoms with Gasteiger partial charge < -0.3 is 13.9 Å². The summed E-state index contributed by atoms with van der Waals surface area (Å²) in [5.41, 5.74) is 3.85. The van der Waals surface area contributed by atoms with E-state index >= 15 is 0 Å². The molecule has 3 aromatic rings. The van der Waals surface area contributed by atoms with Crippen LogP contribution in [-0.2, 0) is 0 Å². The third-order valence-electron chi connectivity index (χ3n) is 7.63. The first-order chi connectivity index (χ1) is 16.2. The molecule has 3 atom stereocenters. The molecule has 6 heteroatoms. The lowest BCUT2D eigenvalue weighted by Crippen LogP contribution is -2.55. The van der Waals surface area contributed by atoms with E-state index in [2.05, 4.69) is 74.4 Å². The summed E-state index contributed by atoms with van der Waals surface area (Å²) in [6.45, 7) is 12.8. The number of fused-ring (bicyclic) bond motifs is 2. The van der Waals surface area contributed by atoms with E-state index in [1.54, 1.807) is 0 Å². The van der Waals surface area contributed by atoms with Crippen LogP contribution in [0.4, 0.5) is 5.69 Å². The monoisotopic (exact) mass is 458 g/mol. The van der Waals surface area contributed by atoms with Crippen LogP contribution in [0.15, 0.2) is 51.3 Å². The number of anilines is 1. The van der Waals surface area contributed by atoms with Crippen molar-refractivity contribution in [2.24, 2.45) is 5.92 Å². The lowest BCUT2D eigenvalue weighted by molar-refractivity contribution is 0.170. The van der Waals surface area contributed by atoms with Gasteiger partial charge in [0.25, 0.3) is 0 Å². The van der Waals surface area contributed by atoms with E-state index in [1.807, 2.05) is 24.4 Å². The van der Waals surface area contributed by atoms with Crippen molar-refractivity contribution in [2.45, 2.75) is 53.1 Å². The fourth-order valence-electron chi connectivity index (χ4n) is 5.28. The minimum absolute atomic E-state index is 0.321. The van der Waals surface area contributed by atoms with Crippen molar-refractivity contribution in [2.75, 3.05) is 25.0 Å². The average Bonchev–Trinajstić information content (AvgIpc) is 3.19. The van der Waals surface area contributed by atoms with Crippen molar-refractivity contribution in [1.29, 1.82) is 0 Å². The number of piperazine rings is 1. The van der Waals surface area contributed by atoms with Crippen LogP contribution in [0, 0.1) is 5.92 Å². The highest BCUT2D eigenvalue weighted by Gasteiger charge is 2.27. The number of hydrogen-bond acceptors (Lipinski definition) is 5. The molecular formula is C28H34N4O2. The summed E-state index contributed by atoms with van der Waals surface area (Å²) in [5.74, 6) is 1.81. The number of imidazole rings is 1. The number of aromatic nitrogens is 2. The van der Waals surface area contributed by atoms with Gasteiger partial charge in [0.05, 0.1) is 5.39 Å². The Morgan fingerprint density at radius 2 is 1.85 bits per heavy atom. The van der Waals surface area contributed by atoms with Crippen LogP contribution in [0.1, 0.15) is 46.9 Å². The van der Waals surface area contributed by atoms with Crippen molar-refractivity contribution in [3.8, 4) is 11.5 Å². The van der Waals surface area contributed by atoms with Crippen LogP contribution in [0.25, 0.3) is 34.0 Å². The fourth-order valence-corrected chi connectivity index (χ4v) is 5.28. The first-order valence-corrected chi connectivity index (χ1v) is 12.3. The zero-order valence-electron chi connectivity index (χ0n) is 21.0. The molecule has 1 aromatic carbocycles. The lowest BCUT2D eigenvalue weighted by Gasteiger charge is -2.43. The molecule has 2 aromatic heterocycles. The van der Waals surface area contributed by atoms with Gasteiger partial charge >= 0.3 is 5.63 Å². The maximum Gasteiger partial charge on any atom is 0.344 e. The Bertz CT molecular complexity index is 1350. The first-order valence-electron chi connectivity index (χ1n) is 12.3. The Hall–Kier alpha value is -3.12. The molecule has 0 saturated carbocycles. The zero-order valence-corrected chi connectivity index (χ0v) is 21.0. The molecule has 0 spiro atoms. The van der Waals surface area contributed by atoms with Crippen LogP contribution in [0.5, 0.6) is 0 Å². The molecule has 1 fully saturated rings. The first kappa shape index (κ1) is 22.7. The van der Waals surface area contributed by atoms with E-state index in [4.69, 9.17) is 9.40 Å². The topological polar surface area (TPSA) is 54.5 Å². The number of hydrogen-bond donors (Lipinski definition) is 0. The summed E-state index contributed by atoms with van der Waals surface area (Å²) >= 11 is 0. The molecule has 0 bridgehead atoms. The standard InChI is InChI=1S/C28H34N4O2/c1-7-21-10-17(2)27-29-25(16-32(27)13-18(21)3)26-11-22-8-9-23(12-24(22)28(33)34-26)31-14-19(4)30(6)20(5)15-31/h8-13,16,19-21H,7,14-15H2,1-6H3. The smallest absolute Gasteiger partial charge is 0.344 e. The average molecular weight is 459 g/mol. The molecule has 5 rings (SSSR count). The Kier molecular flexibility index (Phi) is 5.72. The Morgan fingerprint density at radius 1 is 1.12 bits per heavy atom. The molecule has 0 aliphatic carbocycles. The number of likely N-dealkylation sites (N-methyl/N-ethyl adjacent to an activating group) is 1. The van der Waals surface area contributed by atoms with Gasteiger partial charge in [0.2, 0.25) is 0 Å². The molecule has 3 unspecified atom stereocenters. The highest BCUT2D eigenvalue weighted by Crippen LogP contribution is 2.31. The Balaban J connectivity index is 1.51. The number of allylic oxidation sites excluding steroid dienone is 3. The third kappa shape index (κ3) is 3.90. The van der Waals surface area contributed by atoms with Crippen LogP contribution >= 0.6 is 0 Å². The summed E-state index contributed by atoms with van der Waals surface area (Å²) in [4.78, 5) is 22.6. The van der Waals surface area contributed by atoms with E-state index in [0.29, 0.717) is 34.8 Å². The molecule has 2 aliphatic heterocycles. The number of rotatable bonds is 3. The Morgan fingerprint density at radius 3 is 2.56 bits per heavy atom. The van der Waals surface area contributed by atoms with Gasteiger partial charge in [-0.2, -0.15) is 0 Å². The van der Waals surface area contributed by atoms with E-state index in [0.717, 1.165) is 42.0 Å². The van der Waals surface area contributed by atoms with Crippen LogP contribution in [0.3, 0.4) is 0 Å². The summed E-state index contributed by atoms with van der Waals surface area (Å²) in [6.07, 6.45) is 7.43. The summed E-state index contributed by atoms with van der Waals surface area (Å²) in [6, 6.07) is 8.96. The Labute approximate surface area is 201 Å². The van der Waals surface area contributed by atoms with Crippen molar-refractivity contribution < 1.29 is 4.42 Å². The lowest BCUT2D eigenvalue weighted by atomic mass is 9.96. The molecule has 178 valence electrons. The van der Waals surface area contributed by atoms with Crippen molar-refractivity contribution in [1.82, 2.24) is 14.5 Å². The summed E-state index contributed by atoms with van der Waals surface area (Å²) in [5, 5.41) is 1.48. The van der Waals surface area contributed by atoms with Crippen molar-refractivity contribution in [3.63, 3.8) is 0 Å². The third-order valence-corrected chi connectivity index (χ3v) is 7.63. The predicted molar refractivity (Wildman–Crippen MR) is 140 cm³/mol. The zero-order chi connectivity index (χ0) is 24.1. The SMILES string of the molecule is CCC1C=C(C)c2nc(-c3cc4ccc(N5CC(C)N(C)C(C)C5)cc4c(=O)o3)cn2C=C1C. The molecule has 0 radical (unpaired) electrons.